The summed E-state index contributed by atoms with van der Waals surface area (Å²) in [5, 5.41) is 23.7. The van der Waals surface area contributed by atoms with Gasteiger partial charge in [0.2, 0.25) is 5.95 Å². The monoisotopic (exact) mass is 590 g/mol. The average Bonchev–Trinajstić information content (AvgIpc) is 3.47. The Balaban J connectivity index is 1.13. The van der Waals surface area contributed by atoms with Gasteiger partial charge in [0.15, 0.2) is 0 Å². The van der Waals surface area contributed by atoms with Crippen LogP contribution in [0.25, 0.3) is 11.1 Å². The predicted molar refractivity (Wildman–Crippen MR) is 170 cm³/mol. The van der Waals surface area contributed by atoms with Gasteiger partial charge in [-0.3, -0.25) is 9.58 Å². The Morgan fingerprint density at radius 1 is 1.00 bits per heavy atom. The molecular formula is C33H38N10O. The fraction of sp³-hybridized carbons (Fsp3) is 0.394. The van der Waals surface area contributed by atoms with Gasteiger partial charge in [0, 0.05) is 55.7 Å². The van der Waals surface area contributed by atoms with Gasteiger partial charge in [-0.05, 0) is 62.1 Å². The number of amides is 2. The lowest BCUT2D eigenvalue weighted by atomic mass is 9.85. The van der Waals surface area contributed by atoms with Crippen molar-refractivity contribution >= 4 is 23.6 Å². The van der Waals surface area contributed by atoms with Crippen molar-refractivity contribution in [1.82, 2.24) is 30.0 Å². The molecule has 0 bridgehead atoms. The molecule has 0 spiro atoms. The third-order valence-corrected chi connectivity index (χ3v) is 8.63. The molecule has 11 heteroatoms. The number of aryl methyl sites for hydroxylation is 1. The lowest BCUT2D eigenvalue weighted by Gasteiger charge is -2.36. The van der Waals surface area contributed by atoms with Gasteiger partial charge in [0.05, 0.1) is 12.4 Å². The fourth-order valence-corrected chi connectivity index (χ4v) is 5.85. The van der Waals surface area contributed by atoms with E-state index in [1.165, 1.54) is 19.3 Å². The molecule has 1 aromatic carbocycles. The zero-order valence-electron chi connectivity index (χ0n) is 25.0. The third-order valence-electron chi connectivity index (χ3n) is 8.63. The number of nitrogens with zero attached hydrogens (tertiary/aromatic N) is 7. The first kappa shape index (κ1) is 29.1. The van der Waals surface area contributed by atoms with Crippen molar-refractivity contribution in [3.05, 3.63) is 78.4 Å². The second-order valence-electron chi connectivity index (χ2n) is 11.7. The number of carbonyl (C=O) groups is 1. The molecule has 3 aromatic heterocycles. The van der Waals surface area contributed by atoms with E-state index in [1.54, 1.807) is 23.3 Å². The van der Waals surface area contributed by atoms with E-state index < -0.39 is 0 Å². The SMILES string of the molecule is Cn1cc(-c2ccc(N(C(=O)NCc3ccccc3)[C@H]3CC[C@H](Nc4ncc(C#N)c(NCC5CCC5)n4)CC3)nc2)cn1. The van der Waals surface area contributed by atoms with E-state index >= 15 is 0 Å². The van der Waals surface area contributed by atoms with Gasteiger partial charge in [-0.25, -0.2) is 14.8 Å². The van der Waals surface area contributed by atoms with Crippen LogP contribution in [0.5, 0.6) is 0 Å². The fourth-order valence-electron chi connectivity index (χ4n) is 5.85. The van der Waals surface area contributed by atoms with Crippen molar-refractivity contribution in [1.29, 1.82) is 5.26 Å². The molecule has 44 heavy (non-hydrogen) atoms. The number of urea groups is 1. The first-order valence-electron chi connectivity index (χ1n) is 15.4. The number of carbonyl (C=O) groups excluding carboxylic acids is 1. The molecule has 11 nitrogen and oxygen atoms in total. The summed E-state index contributed by atoms with van der Waals surface area (Å²) in [7, 11) is 1.88. The van der Waals surface area contributed by atoms with Gasteiger partial charge < -0.3 is 16.0 Å². The second kappa shape index (κ2) is 13.5. The molecule has 0 radical (unpaired) electrons. The number of rotatable bonds is 10. The highest BCUT2D eigenvalue weighted by molar-refractivity contribution is 5.91. The molecule has 0 unspecified atom stereocenters. The number of pyridine rings is 1. The Morgan fingerprint density at radius 3 is 2.48 bits per heavy atom. The number of hydrogen-bond acceptors (Lipinski definition) is 8. The number of aromatic nitrogens is 5. The maximum atomic E-state index is 13.7. The van der Waals surface area contributed by atoms with E-state index in [9.17, 15) is 10.1 Å². The first-order chi connectivity index (χ1) is 21.6. The molecule has 0 atom stereocenters. The largest absolute Gasteiger partial charge is 0.369 e. The first-order valence-corrected chi connectivity index (χ1v) is 15.4. The van der Waals surface area contributed by atoms with E-state index in [0.717, 1.165) is 48.9 Å². The molecule has 4 aromatic rings. The molecule has 6 rings (SSSR count). The van der Waals surface area contributed by atoms with E-state index in [1.807, 2.05) is 60.6 Å². The van der Waals surface area contributed by atoms with Crippen LogP contribution in [-0.2, 0) is 13.6 Å². The molecule has 226 valence electrons. The van der Waals surface area contributed by atoms with E-state index in [-0.39, 0.29) is 18.1 Å². The van der Waals surface area contributed by atoms with Crippen LogP contribution in [0.4, 0.5) is 22.4 Å². The van der Waals surface area contributed by atoms with Crippen LogP contribution in [0.15, 0.2) is 67.3 Å². The summed E-state index contributed by atoms with van der Waals surface area (Å²) >= 11 is 0. The minimum atomic E-state index is -0.163. The van der Waals surface area contributed by atoms with Gasteiger partial charge in [0.1, 0.15) is 23.3 Å². The summed E-state index contributed by atoms with van der Waals surface area (Å²) in [5.41, 5.74) is 3.42. The maximum Gasteiger partial charge on any atom is 0.323 e. The zero-order chi connectivity index (χ0) is 30.3. The molecular weight excluding hydrogens is 552 g/mol. The average molecular weight is 591 g/mol. The Kier molecular flexibility index (Phi) is 8.96. The molecule has 2 aliphatic rings. The van der Waals surface area contributed by atoms with Crippen molar-refractivity contribution in [2.45, 2.75) is 63.6 Å². The minimum absolute atomic E-state index is 0.0119. The summed E-state index contributed by atoms with van der Waals surface area (Å²) < 4.78 is 1.76. The van der Waals surface area contributed by atoms with Crippen molar-refractivity contribution in [3.63, 3.8) is 0 Å². The summed E-state index contributed by atoms with van der Waals surface area (Å²) in [6.07, 6.45) is 14.1. The lowest BCUT2D eigenvalue weighted by molar-refractivity contribution is 0.240. The van der Waals surface area contributed by atoms with Crippen molar-refractivity contribution < 1.29 is 4.79 Å². The minimum Gasteiger partial charge on any atom is -0.369 e. The van der Waals surface area contributed by atoms with Gasteiger partial charge in [-0.15, -0.1) is 0 Å². The van der Waals surface area contributed by atoms with Gasteiger partial charge in [-0.1, -0.05) is 36.8 Å². The summed E-state index contributed by atoms with van der Waals surface area (Å²) in [4.78, 5) is 29.3. The summed E-state index contributed by atoms with van der Waals surface area (Å²) in [6, 6.07) is 16.0. The Morgan fingerprint density at radius 2 is 1.82 bits per heavy atom. The van der Waals surface area contributed by atoms with Crippen LogP contribution >= 0.6 is 0 Å². The lowest BCUT2D eigenvalue weighted by Crippen LogP contribution is -2.49. The van der Waals surface area contributed by atoms with Crippen LogP contribution in [0.1, 0.15) is 56.1 Å². The topological polar surface area (TPSA) is 137 Å². The molecule has 0 aliphatic heterocycles. The van der Waals surface area contributed by atoms with E-state index in [4.69, 9.17) is 4.98 Å². The highest BCUT2D eigenvalue weighted by Crippen LogP contribution is 2.30. The number of benzene rings is 1. The molecule has 3 N–H and O–H groups in total. The zero-order valence-corrected chi connectivity index (χ0v) is 25.0. The van der Waals surface area contributed by atoms with Gasteiger partial charge in [0.25, 0.3) is 0 Å². The second-order valence-corrected chi connectivity index (χ2v) is 11.7. The van der Waals surface area contributed by atoms with Gasteiger partial charge in [-0.2, -0.15) is 15.3 Å². The highest BCUT2D eigenvalue weighted by atomic mass is 16.2. The standard InChI is InChI=1S/C33H38N10O/c1-42-22-27(21-39-42)25-10-15-30(35-19-25)43(33(44)38-18-23-6-3-2-4-7-23)29-13-11-28(12-14-29)40-32-37-20-26(16-34)31(41-32)36-17-24-8-5-9-24/h2-4,6-7,10,15,19-22,24,28-29H,5,8-9,11-14,17-18H2,1H3,(H,38,44)(H2,36,37,40,41)/t28-,29-. The maximum absolute atomic E-state index is 13.7. The van der Waals surface area contributed by atoms with Crippen LogP contribution < -0.4 is 20.9 Å². The molecule has 2 saturated carbocycles. The van der Waals surface area contributed by atoms with Crippen LogP contribution in [-0.4, -0.2) is 49.4 Å². The molecule has 2 aliphatic carbocycles. The molecule has 2 fully saturated rings. The highest BCUT2D eigenvalue weighted by Gasteiger charge is 2.31. The van der Waals surface area contributed by atoms with Crippen LogP contribution in [0.2, 0.25) is 0 Å². The van der Waals surface area contributed by atoms with Gasteiger partial charge >= 0.3 is 6.03 Å². The Bertz CT molecular complexity index is 1590. The Hall–Kier alpha value is -4.98. The number of nitrogens with one attached hydrogen (secondary N) is 3. The number of hydrogen-bond donors (Lipinski definition) is 3. The summed E-state index contributed by atoms with van der Waals surface area (Å²) in [6.45, 7) is 1.27. The summed E-state index contributed by atoms with van der Waals surface area (Å²) in [5.74, 6) is 2.38. The molecule has 2 amide bonds. The molecule has 3 heterocycles. The van der Waals surface area contributed by atoms with Crippen LogP contribution in [0.3, 0.4) is 0 Å². The van der Waals surface area contributed by atoms with Crippen LogP contribution in [0, 0.1) is 17.2 Å². The third kappa shape index (κ3) is 6.97. The molecule has 0 saturated heterocycles. The van der Waals surface area contributed by atoms with Crippen molar-refractivity contribution in [2.24, 2.45) is 13.0 Å². The normalized spacial score (nSPS) is 18.1. The van der Waals surface area contributed by atoms with E-state index in [2.05, 4.69) is 37.1 Å². The number of anilines is 3. The van der Waals surface area contributed by atoms with Crippen molar-refractivity contribution in [3.8, 4) is 17.2 Å². The number of nitriles is 1. The van der Waals surface area contributed by atoms with E-state index in [0.29, 0.717) is 35.6 Å². The van der Waals surface area contributed by atoms with Crippen molar-refractivity contribution in [2.75, 3.05) is 22.1 Å². The smallest absolute Gasteiger partial charge is 0.323 e. The quantitative estimate of drug-likeness (QED) is 0.220. The predicted octanol–water partition coefficient (Wildman–Crippen LogP) is 5.50. The Labute approximate surface area is 257 Å².